The molecule has 1 N–H and O–H groups in total. The number of nitrogens with zero attached hydrogens (tertiary/aromatic N) is 3. The van der Waals surface area contributed by atoms with E-state index in [1.165, 1.54) is 0 Å². The molecule has 2 heterocycles. The number of aryl methyl sites for hydroxylation is 1. The van der Waals surface area contributed by atoms with Crippen LogP contribution in [0.25, 0.3) is 0 Å². The summed E-state index contributed by atoms with van der Waals surface area (Å²) in [6.45, 7) is 6.28. The van der Waals surface area contributed by atoms with Gasteiger partial charge < -0.3 is 10.0 Å². The Morgan fingerprint density at radius 1 is 1.45 bits per heavy atom. The van der Waals surface area contributed by atoms with Crippen LogP contribution in [0.5, 0.6) is 0 Å². The number of aliphatic carboxylic acids is 1. The molecular weight excluding hydrogens is 258 g/mol. The highest BCUT2D eigenvalue weighted by atomic mass is 16.4. The molecule has 1 aromatic rings. The molecule has 0 saturated carbocycles. The Morgan fingerprint density at radius 2 is 2.10 bits per heavy atom. The lowest BCUT2D eigenvalue weighted by molar-refractivity contribution is -0.142. The first-order chi connectivity index (χ1) is 9.32. The van der Waals surface area contributed by atoms with Gasteiger partial charge in [-0.2, -0.15) is 5.10 Å². The molecular formula is C14H21N3O3. The molecule has 0 bridgehead atoms. The standard InChI is InChI=1S/C14H21N3O3/c1-8(2)12-11(7-16(4)15-12)13(18)17-6-5-10(9(17)3)14(19)20/h7-10H,5-6H2,1-4H3,(H,19,20). The highest BCUT2D eigenvalue weighted by Gasteiger charge is 2.39. The maximum atomic E-state index is 12.6. The first-order valence-corrected chi connectivity index (χ1v) is 6.90. The third kappa shape index (κ3) is 2.42. The number of aromatic nitrogens is 2. The molecule has 0 radical (unpaired) electrons. The van der Waals surface area contributed by atoms with Crippen LogP contribution in [0.2, 0.25) is 0 Å². The second-order valence-electron chi connectivity index (χ2n) is 5.73. The topological polar surface area (TPSA) is 75.4 Å². The minimum absolute atomic E-state index is 0.113. The largest absolute Gasteiger partial charge is 0.481 e. The summed E-state index contributed by atoms with van der Waals surface area (Å²) in [5.74, 6) is -1.26. The summed E-state index contributed by atoms with van der Waals surface area (Å²) in [4.78, 5) is 25.4. The molecule has 1 aliphatic rings. The van der Waals surface area contributed by atoms with E-state index in [-0.39, 0.29) is 17.9 Å². The van der Waals surface area contributed by atoms with E-state index in [2.05, 4.69) is 5.10 Å². The van der Waals surface area contributed by atoms with Crippen LogP contribution in [0.3, 0.4) is 0 Å². The van der Waals surface area contributed by atoms with Crippen LogP contribution in [0.4, 0.5) is 0 Å². The number of carboxylic acid groups (broad SMARTS) is 1. The quantitative estimate of drug-likeness (QED) is 0.909. The van der Waals surface area contributed by atoms with Gasteiger partial charge in [0.2, 0.25) is 0 Å². The van der Waals surface area contributed by atoms with Crippen molar-refractivity contribution in [2.45, 2.75) is 39.2 Å². The molecule has 0 aliphatic carbocycles. The SMILES string of the molecule is CC(C)c1nn(C)cc1C(=O)N1CCC(C(=O)O)C1C. The predicted molar refractivity (Wildman–Crippen MR) is 73.5 cm³/mol. The van der Waals surface area contributed by atoms with Gasteiger partial charge in [-0.3, -0.25) is 14.3 Å². The summed E-state index contributed by atoms with van der Waals surface area (Å²) in [7, 11) is 1.79. The van der Waals surface area contributed by atoms with E-state index in [0.717, 1.165) is 5.69 Å². The van der Waals surface area contributed by atoms with Crippen molar-refractivity contribution in [2.24, 2.45) is 13.0 Å². The first kappa shape index (κ1) is 14.6. The Labute approximate surface area is 118 Å². The van der Waals surface area contributed by atoms with E-state index in [1.54, 1.807) is 29.7 Å². The lowest BCUT2D eigenvalue weighted by atomic mass is 10.0. The van der Waals surface area contributed by atoms with Crippen molar-refractivity contribution < 1.29 is 14.7 Å². The van der Waals surface area contributed by atoms with Gasteiger partial charge in [0.05, 0.1) is 17.2 Å². The van der Waals surface area contributed by atoms with Crippen molar-refractivity contribution in [3.8, 4) is 0 Å². The zero-order valence-electron chi connectivity index (χ0n) is 12.3. The fourth-order valence-corrected chi connectivity index (χ4v) is 2.81. The fourth-order valence-electron chi connectivity index (χ4n) is 2.81. The number of amides is 1. The molecule has 0 aromatic carbocycles. The number of hydrogen-bond donors (Lipinski definition) is 1. The van der Waals surface area contributed by atoms with Crippen LogP contribution >= 0.6 is 0 Å². The van der Waals surface area contributed by atoms with Gasteiger partial charge in [-0.05, 0) is 19.3 Å². The molecule has 2 atom stereocenters. The molecule has 1 aliphatic heterocycles. The summed E-state index contributed by atoms with van der Waals surface area (Å²) in [6, 6.07) is -0.278. The Balaban J connectivity index is 2.27. The van der Waals surface area contributed by atoms with Crippen LogP contribution < -0.4 is 0 Å². The average Bonchev–Trinajstić information content (AvgIpc) is 2.91. The molecule has 1 aromatic heterocycles. The van der Waals surface area contributed by atoms with E-state index in [9.17, 15) is 9.59 Å². The van der Waals surface area contributed by atoms with Crippen molar-refractivity contribution in [3.63, 3.8) is 0 Å². The maximum absolute atomic E-state index is 12.6. The van der Waals surface area contributed by atoms with Crippen LogP contribution in [-0.2, 0) is 11.8 Å². The third-order valence-corrected chi connectivity index (χ3v) is 3.97. The highest BCUT2D eigenvalue weighted by Crippen LogP contribution is 2.28. The van der Waals surface area contributed by atoms with Gasteiger partial charge in [0.25, 0.3) is 5.91 Å². The van der Waals surface area contributed by atoms with Gasteiger partial charge in [-0.1, -0.05) is 13.8 Å². The predicted octanol–water partition coefficient (Wildman–Crippen LogP) is 1.48. The molecule has 1 amide bonds. The molecule has 6 nitrogen and oxygen atoms in total. The number of rotatable bonds is 3. The van der Waals surface area contributed by atoms with Crippen molar-refractivity contribution in [1.82, 2.24) is 14.7 Å². The normalized spacial score (nSPS) is 22.6. The number of carboxylic acids is 1. The Bertz CT molecular complexity index is 536. The van der Waals surface area contributed by atoms with Gasteiger partial charge in [0.15, 0.2) is 0 Å². The Kier molecular flexibility index (Phi) is 3.83. The van der Waals surface area contributed by atoms with Gasteiger partial charge in [0.1, 0.15) is 0 Å². The molecule has 20 heavy (non-hydrogen) atoms. The molecule has 2 rings (SSSR count). The van der Waals surface area contributed by atoms with E-state index in [0.29, 0.717) is 18.5 Å². The summed E-state index contributed by atoms with van der Waals surface area (Å²) in [5, 5.41) is 13.5. The van der Waals surface area contributed by atoms with Gasteiger partial charge in [-0.15, -0.1) is 0 Å². The zero-order valence-corrected chi connectivity index (χ0v) is 12.3. The van der Waals surface area contributed by atoms with Crippen LogP contribution in [0.1, 0.15) is 49.2 Å². The van der Waals surface area contributed by atoms with Crippen molar-refractivity contribution in [1.29, 1.82) is 0 Å². The van der Waals surface area contributed by atoms with Gasteiger partial charge in [0, 0.05) is 25.8 Å². The molecule has 110 valence electrons. The number of carbonyl (C=O) groups is 2. The number of carbonyl (C=O) groups excluding carboxylic acids is 1. The van der Waals surface area contributed by atoms with E-state index < -0.39 is 11.9 Å². The Morgan fingerprint density at radius 3 is 2.60 bits per heavy atom. The molecule has 1 fully saturated rings. The third-order valence-electron chi connectivity index (χ3n) is 3.97. The zero-order chi connectivity index (χ0) is 15.0. The highest BCUT2D eigenvalue weighted by molar-refractivity contribution is 5.96. The van der Waals surface area contributed by atoms with Crippen molar-refractivity contribution in [2.75, 3.05) is 6.54 Å². The van der Waals surface area contributed by atoms with Crippen molar-refractivity contribution >= 4 is 11.9 Å². The molecule has 1 saturated heterocycles. The lowest BCUT2D eigenvalue weighted by Crippen LogP contribution is -2.38. The maximum Gasteiger partial charge on any atom is 0.308 e. The molecule has 6 heteroatoms. The Hall–Kier alpha value is -1.85. The van der Waals surface area contributed by atoms with Crippen molar-refractivity contribution in [3.05, 3.63) is 17.5 Å². The smallest absolute Gasteiger partial charge is 0.308 e. The van der Waals surface area contributed by atoms with Gasteiger partial charge >= 0.3 is 5.97 Å². The van der Waals surface area contributed by atoms with Crippen LogP contribution in [-0.4, -0.2) is 44.3 Å². The van der Waals surface area contributed by atoms with E-state index in [4.69, 9.17) is 5.11 Å². The van der Waals surface area contributed by atoms with Crippen LogP contribution in [0.15, 0.2) is 6.20 Å². The number of likely N-dealkylation sites (tertiary alicyclic amines) is 1. The summed E-state index contributed by atoms with van der Waals surface area (Å²) in [5.41, 5.74) is 1.35. The summed E-state index contributed by atoms with van der Waals surface area (Å²) in [6.07, 6.45) is 2.23. The average molecular weight is 279 g/mol. The second-order valence-corrected chi connectivity index (χ2v) is 5.73. The molecule has 2 unspecified atom stereocenters. The second kappa shape index (κ2) is 5.26. The van der Waals surface area contributed by atoms with Crippen LogP contribution in [0, 0.1) is 5.92 Å². The van der Waals surface area contributed by atoms with E-state index >= 15 is 0 Å². The van der Waals surface area contributed by atoms with Gasteiger partial charge in [-0.25, -0.2) is 0 Å². The lowest BCUT2D eigenvalue weighted by Gasteiger charge is -2.23. The first-order valence-electron chi connectivity index (χ1n) is 6.90. The summed E-state index contributed by atoms with van der Waals surface area (Å²) >= 11 is 0. The summed E-state index contributed by atoms with van der Waals surface area (Å²) < 4.78 is 1.64. The monoisotopic (exact) mass is 279 g/mol. The minimum Gasteiger partial charge on any atom is -0.481 e. The minimum atomic E-state index is -0.830. The molecule has 0 spiro atoms. The number of hydrogen-bond acceptors (Lipinski definition) is 3. The van der Waals surface area contributed by atoms with E-state index in [1.807, 2.05) is 13.8 Å². The fraction of sp³-hybridized carbons (Fsp3) is 0.643.